The summed E-state index contributed by atoms with van der Waals surface area (Å²) >= 11 is 0. The van der Waals surface area contributed by atoms with E-state index >= 15 is 0 Å². The summed E-state index contributed by atoms with van der Waals surface area (Å²) in [6.07, 6.45) is 8.91. The molecule has 0 spiro atoms. The summed E-state index contributed by atoms with van der Waals surface area (Å²) in [6, 6.07) is 68.7. The molecule has 0 radical (unpaired) electrons. The Morgan fingerprint density at radius 1 is 0.310 bits per heavy atom. The number of nitrogens with zero attached hydrogens (tertiary/aromatic N) is 2. The van der Waals surface area contributed by atoms with Crippen molar-refractivity contribution < 1.29 is 0 Å². The maximum Gasteiger partial charge on any atom is 0.0468 e. The van der Waals surface area contributed by atoms with Gasteiger partial charge in [0, 0.05) is 55.8 Å². The van der Waals surface area contributed by atoms with E-state index in [1.54, 1.807) is 0 Å². The maximum absolute atomic E-state index is 2.58. The zero-order valence-electron chi connectivity index (χ0n) is 51.8. The van der Waals surface area contributed by atoms with Gasteiger partial charge in [0.1, 0.15) is 0 Å². The summed E-state index contributed by atoms with van der Waals surface area (Å²) < 4.78 is 0. The molecule has 84 heavy (non-hydrogen) atoms. The van der Waals surface area contributed by atoms with E-state index in [9.17, 15) is 0 Å². The van der Waals surface area contributed by atoms with E-state index in [1.807, 2.05) is 0 Å². The maximum atomic E-state index is 2.58. The van der Waals surface area contributed by atoms with Gasteiger partial charge in [-0.2, -0.15) is 0 Å². The van der Waals surface area contributed by atoms with Gasteiger partial charge >= 0.3 is 0 Å². The van der Waals surface area contributed by atoms with E-state index < -0.39 is 0 Å². The van der Waals surface area contributed by atoms with Gasteiger partial charge in [-0.1, -0.05) is 200 Å². The van der Waals surface area contributed by atoms with Crippen LogP contribution in [0.5, 0.6) is 0 Å². The normalized spacial score (nSPS) is 16.8. The largest absolute Gasteiger partial charge is 0.314 e. The minimum atomic E-state index is -0.198. The van der Waals surface area contributed by atoms with E-state index in [2.05, 4.69) is 301 Å². The standard InChI is InChI=1S/C82H78N2/c1-77(2,3)75-59-39-35-52(84(50-27-19-16-20-28-50)54-34-38-58-64-48-72-62(46-74(64)82(13,14)70(58)44-54)56-30-22-24-32-68(56)80(72,9)10)42-66(59)76(78(4,5)6)60-40-36-51(41-65(60)75)83(49-25-17-15-18-26-49)53-33-37-57-63-47-71-61(45-73(63)81(11,12)69(57)43-53)55-29-21-23-31-67(55)79(71,7)8/h15-19,21-27,29-48H,20,28H2,1-14H3. The molecule has 0 bridgehead atoms. The van der Waals surface area contributed by atoms with Crippen LogP contribution < -0.4 is 9.80 Å². The number of rotatable bonds is 6. The van der Waals surface area contributed by atoms with Gasteiger partial charge in [0.2, 0.25) is 0 Å². The average molecular weight is 1090 g/mol. The molecule has 5 aliphatic carbocycles. The first-order valence-corrected chi connectivity index (χ1v) is 30.9. The molecule has 0 unspecified atom stereocenters. The number of hydrogen-bond donors (Lipinski definition) is 0. The summed E-state index contributed by atoms with van der Waals surface area (Å²) in [5.74, 6) is 0. The first kappa shape index (κ1) is 52.6. The quantitative estimate of drug-likeness (QED) is 0.153. The number of fused-ring (bicyclic) bond motifs is 14. The van der Waals surface area contributed by atoms with Crippen LogP contribution in [0.4, 0.5) is 28.4 Å². The average Bonchev–Trinajstić information content (AvgIpc) is 3.51. The van der Waals surface area contributed by atoms with Crippen molar-refractivity contribution >= 4 is 50.0 Å². The van der Waals surface area contributed by atoms with Crippen molar-refractivity contribution in [2.24, 2.45) is 0 Å². The van der Waals surface area contributed by atoms with Crippen LogP contribution in [-0.2, 0) is 32.5 Å². The second-order valence-electron chi connectivity index (χ2n) is 29.3. The van der Waals surface area contributed by atoms with Crippen LogP contribution in [0.25, 0.3) is 66.1 Å². The Kier molecular flexibility index (Phi) is 11.1. The van der Waals surface area contributed by atoms with Crippen LogP contribution in [0, 0.1) is 0 Å². The van der Waals surface area contributed by atoms with Crippen LogP contribution in [0.1, 0.15) is 165 Å². The number of anilines is 5. The molecule has 0 heterocycles. The molecule has 0 N–H and O–H groups in total. The van der Waals surface area contributed by atoms with Crippen molar-refractivity contribution in [1.29, 1.82) is 0 Å². The van der Waals surface area contributed by atoms with Gasteiger partial charge in [-0.15, -0.1) is 0 Å². The van der Waals surface area contributed by atoms with E-state index in [0.717, 1.165) is 24.2 Å². The second kappa shape index (κ2) is 17.7. The molecule has 0 saturated heterocycles. The minimum Gasteiger partial charge on any atom is -0.314 e. The van der Waals surface area contributed by atoms with E-state index in [1.165, 1.54) is 144 Å². The summed E-state index contributed by atoms with van der Waals surface area (Å²) in [7, 11) is 0. The smallest absolute Gasteiger partial charge is 0.0468 e. The first-order chi connectivity index (χ1) is 40.0. The fourth-order valence-electron chi connectivity index (χ4n) is 16.5. The first-order valence-electron chi connectivity index (χ1n) is 30.9. The van der Waals surface area contributed by atoms with Crippen molar-refractivity contribution in [2.45, 2.75) is 142 Å². The third-order valence-corrected chi connectivity index (χ3v) is 20.6. The Bertz CT molecular complexity index is 4550. The lowest BCUT2D eigenvalue weighted by Crippen LogP contribution is -2.21. The topological polar surface area (TPSA) is 6.48 Å². The van der Waals surface area contributed by atoms with Gasteiger partial charge in [-0.25, -0.2) is 0 Å². The zero-order chi connectivity index (χ0) is 58.4. The van der Waals surface area contributed by atoms with Gasteiger partial charge in [0.25, 0.3) is 0 Å². The molecule has 0 aromatic heterocycles. The van der Waals surface area contributed by atoms with E-state index in [4.69, 9.17) is 0 Å². The van der Waals surface area contributed by atoms with Gasteiger partial charge in [-0.05, 0) is 236 Å². The van der Waals surface area contributed by atoms with Gasteiger partial charge in [-0.3, -0.25) is 0 Å². The molecular formula is C82H78N2. The molecule has 0 aliphatic heterocycles. The fraction of sp³-hybridized carbons (Fsp3) is 0.268. The highest BCUT2D eigenvalue weighted by Crippen LogP contribution is 2.60. The molecule has 416 valence electrons. The third-order valence-electron chi connectivity index (χ3n) is 20.6. The molecule has 0 amide bonds. The highest BCUT2D eigenvalue weighted by atomic mass is 15.2. The van der Waals surface area contributed by atoms with Crippen LogP contribution >= 0.6 is 0 Å². The van der Waals surface area contributed by atoms with Gasteiger partial charge in [0.15, 0.2) is 0 Å². The van der Waals surface area contributed by atoms with E-state index in [0.29, 0.717) is 0 Å². The van der Waals surface area contributed by atoms with Crippen molar-refractivity contribution in [3.05, 3.63) is 255 Å². The van der Waals surface area contributed by atoms with Crippen LogP contribution in [0.3, 0.4) is 0 Å². The molecule has 10 aromatic carbocycles. The third kappa shape index (κ3) is 7.41. The lowest BCUT2D eigenvalue weighted by molar-refractivity contribution is 0.593. The lowest BCUT2D eigenvalue weighted by Gasteiger charge is -2.34. The SMILES string of the molecule is CC(C)(C)c1c2ccc(N(c3ccccc3)c3ccc4c(c3)C(C)(C)c3cc5c(cc3-4)C(C)(C)c3ccccc3-5)cc2c(C(C)(C)C)c2ccc(N(C3=CC=CCC3)c3ccc4c(c3)C(C)(C)c3cc5c(cc3-4)C(C)(C)c3ccccc3-5)cc12. The van der Waals surface area contributed by atoms with Crippen molar-refractivity contribution in [3.63, 3.8) is 0 Å². The summed E-state index contributed by atoms with van der Waals surface area (Å²) in [6.45, 7) is 33.8. The summed E-state index contributed by atoms with van der Waals surface area (Å²) in [5.41, 5.74) is 31.4. The molecule has 15 rings (SSSR count). The summed E-state index contributed by atoms with van der Waals surface area (Å²) in [5, 5.41) is 5.28. The number of allylic oxidation sites excluding steroid dienone is 4. The monoisotopic (exact) mass is 1090 g/mol. The second-order valence-corrected chi connectivity index (χ2v) is 29.3. The Balaban J connectivity index is 0.872. The van der Waals surface area contributed by atoms with Crippen molar-refractivity contribution in [1.82, 2.24) is 0 Å². The molecule has 10 aromatic rings. The van der Waals surface area contributed by atoms with Gasteiger partial charge < -0.3 is 9.80 Å². The molecule has 2 nitrogen and oxygen atoms in total. The predicted octanol–water partition coefficient (Wildman–Crippen LogP) is 22.7. The zero-order valence-corrected chi connectivity index (χ0v) is 51.8. The van der Waals surface area contributed by atoms with E-state index in [-0.39, 0.29) is 32.5 Å². The molecular weight excluding hydrogens is 1010 g/mol. The number of para-hydroxylation sites is 1. The van der Waals surface area contributed by atoms with Crippen molar-refractivity contribution in [3.8, 4) is 44.5 Å². The summed E-state index contributed by atoms with van der Waals surface area (Å²) in [4.78, 5) is 5.08. The van der Waals surface area contributed by atoms with Crippen molar-refractivity contribution in [2.75, 3.05) is 9.80 Å². The Morgan fingerprint density at radius 3 is 1.10 bits per heavy atom. The van der Waals surface area contributed by atoms with Crippen LogP contribution in [0.15, 0.2) is 200 Å². The number of benzene rings is 10. The molecule has 0 fully saturated rings. The predicted molar refractivity (Wildman–Crippen MR) is 359 cm³/mol. The Hall–Kier alpha value is -8.20. The van der Waals surface area contributed by atoms with Crippen LogP contribution in [0.2, 0.25) is 0 Å². The highest BCUT2D eigenvalue weighted by Gasteiger charge is 2.44. The molecule has 0 atom stereocenters. The van der Waals surface area contributed by atoms with Gasteiger partial charge in [0.05, 0.1) is 0 Å². The molecule has 2 heteroatoms. The minimum absolute atomic E-state index is 0.0569. The number of hydrogen-bond acceptors (Lipinski definition) is 2. The molecule has 5 aliphatic rings. The Labute approximate surface area is 499 Å². The highest BCUT2D eigenvalue weighted by molar-refractivity contribution is 6.10. The Morgan fingerprint density at radius 2 is 0.667 bits per heavy atom. The lowest BCUT2D eigenvalue weighted by atomic mass is 9.74. The molecule has 0 saturated carbocycles. The fourth-order valence-corrected chi connectivity index (χ4v) is 16.5. The van der Waals surface area contributed by atoms with Crippen LogP contribution in [-0.4, -0.2) is 0 Å².